The van der Waals surface area contributed by atoms with Gasteiger partial charge in [-0.2, -0.15) is 11.8 Å². The third kappa shape index (κ3) is 39.6. The molecule has 0 bridgehead atoms. The van der Waals surface area contributed by atoms with Crippen LogP contribution in [0.2, 0.25) is 0 Å². The molecule has 1 heterocycles. The van der Waals surface area contributed by atoms with Crippen molar-refractivity contribution >= 4 is 98.8 Å². The fourth-order valence-electron chi connectivity index (χ4n) is 13.8. The first-order valence-corrected chi connectivity index (χ1v) is 45.9. The monoisotopic (exact) mass is 1800 g/mol. The molecule has 0 fully saturated rings. The maximum absolute atomic E-state index is 15.4. The second-order valence-electron chi connectivity index (χ2n) is 40.1. The first kappa shape index (κ1) is 111. The van der Waals surface area contributed by atoms with Crippen LogP contribution in [0.4, 0.5) is 4.79 Å². The average Bonchev–Trinajstić information content (AvgIpc) is 1.62. The number of benzene rings is 2. The minimum absolute atomic E-state index is 0.0538. The predicted molar refractivity (Wildman–Crippen MR) is 483 cm³/mol. The Morgan fingerprint density at radius 3 is 1.65 bits per heavy atom. The van der Waals surface area contributed by atoms with Gasteiger partial charge in [-0.1, -0.05) is 58.9 Å². The number of Topliss-reactive ketones (excluding diaryl/α,β-unsaturated/α-hetero) is 1. The number of guanidine groups is 1. The van der Waals surface area contributed by atoms with Gasteiger partial charge in [-0.15, -0.1) is 0 Å². The SMILES string of the molecule is CN[C@@H](CCCNC(=N)NS(=O)(=O)c1c(C)c(C)c2c(c1C)CC(C)(C)O2)C(=O)C[C@@H](COC(C)(C)C)C(=O)N[C@@H](CC(=O)OC(C)(C)C)C(=O)N[C@H](C(=O)N[C@H](CC(C)C)C(=O)N[C@H](C(=O)N[C@@H](Cc1ccc(C(C)(C)C)cc1)C(=O)N[C@@H](CCC(=O)OC(C)(C)C)CC(=O)N[C@H](CCCCNC(=O)OC(C)(C)C)C(N)=O)C(C)(C)SC)C(C)OC(C)(C)C. The first-order chi connectivity index (χ1) is 57.1. The highest BCUT2D eigenvalue weighted by molar-refractivity contribution is 8.00. The number of ketones is 1. The molecule has 0 aliphatic carbocycles. The van der Waals surface area contributed by atoms with Crippen molar-refractivity contribution in [1.82, 2.24) is 57.9 Å². The molecule has 1 unspecified atom stereocenters. The Labute approximate surface area is 747 Å². The molecule has 1 aliphatic rings. The van der Waals surface area contributed by atoms with E-state index < -0.39 is 205 Å². The number of amides is 9. The Bertz CT molecular complexity index is 4190. The maximum Gasteiger partial charge on any atom is 0.407 e. The number of sulfonamides is 1. The Kier molecular flexibility index (Phi) is 41.4. The molecule has 0 spiro atoms. The molecular weight excluding hydrogens is 1650 g/mol. The first-order valence-electron chi connectivity index (χ1n) is 43.2. The van der Waals surface area contributed by atoms with Gasteiger partial charge in [0.15, 0.2) is 5.78 Å². The number of hydrogen-bond donors (Lipinski definition) is 13. The van der Waals surface area contributed by atoms with E-state index in [1.807, 2.05) is 58.9 Å². The molecule has 3 rings (SSSR count). The van der Waals surface area contributed by atoms with E-state index in [-0.39, 0.29) is 80.9 Å². The molecule has 35 heteroatoms. The summed E-state index contributed by atoms with van der Waals surface area (Å²) in [6.07, 6.45) is -0.759. The maximum atomic E-state index is 15.4. The number of nitrogens with two attached hydrogens (primary N) is 1. The van der Waals surface area contributed by atoms with Gasteiger partial charge in [0, 0.05) is 61.5 Å². The number of thioether (sulfide) groups is 1. The Balaban J connectivity index is 2.07. The number of primary amides is 1. The number of ether oxygens (including phenoxy) is 6. The molecule has 2 aromatic rings. The van der Waals surface area contributed by atoms with Gasteiger partial charge in [0.2, 0.25) is 53.2 Å². The quantitative estimate of drug-likeness (QED) is 0.00969. The summed E-state index contributed by atoms with van der Waals surface area (Å²) in [5.41, 5.74) is 4.49. The summed E-state index contributed by atoms with van der Waals surface area (Å²) in [4.78, 5) is 172. The zero-order chi connectivity index (χ0) is 95.8. The highest BCUT2D eigenvalue weighted by Gasteiger charge is 2.44. The largest absolute Gasteiger partial charge is 0.487 e. The molecule has 1 aliphatic heterocycles. The van der Waals surface area contributed by atoms with Gasteiger partial charge in [0.1, 0.15) is 64.4 Å². The van der Waals surface area contributed by atoms with Crippen molar-refractivity contribution in [2.45, 2.75) is 380 Å². The third-order valence-corrected chi connectivity index (χ3v) is 23.1. The molecule has 708 valence electrons. The summed E-state index contributed by atoms with van der Waals surface area (Å²) in [5, 5.41) is 36.5. The van der Waals surface area contributed by atoms with E-state index in [0.29, 0.717) is 47.3 Å². The molecular formula is C90H151N13O20S2. The number of fused-ring (bicyclic) bond motifs is 1. The predicted octanol–water partition coefficient (Wildman–Crippen LogP) is 8.64. The second kappa shape index (κ2) is 46.9. The summed E-state index contributed by atoms with van der Waals surface area (Å²) < 4.78 is 64.2. The van der Waals surface area contributed by atoms with Crippen molar-refractivity contribution in [1.29, 1.82) is 5.41 Å². The molecule has 9 amide bonds. The molecule has 125 heavy (non-hydrogen) atoms. The van der Waals surface area contributed by atoms with Gasteiger partial charge in [-0.05, 0) is 257 Å². The normalized spacial score (nSPS) is 15.6. The van der Waals surface area contributed by atoms with Crippen LogP contribution in [0.3, 0.4) is 0 Å². The summed E-state index contributed by atoms with van der Waals surface area (Å²) in [6, 6.07) is -3.66. The minimum atomic E-state index is -4.25. The lowest BCUT2D eigenvalue weighted by atomic mass is 9.86. The fourth-order valence-corrected chi connectivity index (χ4v) is 15.7. The number of alkyl carbamates (subject to hydrolysis) is 1. The zero-order valence-electron chi connectivity index (χ0n) is 80.0. The zero-order valence-corrected chi connectivity index (χ0v) is 81.7. The number of rotatable bonds is 46. The van der Waals surface area contributed by atoms with E-state index >= 15 is 24.0 Å². The average molecular weight is 1800 g/mol. The number of likely N-dealkylation sites (N-methyl/N-ethyl adjacent to an activating group) is 1. The van der Waals surface area contributed by atoms with E-state index in [0.717, 1.165) is 11.1 Å². The number of hydrogen-bond acceptors (Lipinski definition) is 23. The Hall–Kier alpha value is -8.67. The van der Waals surface area contributed by atoms with Crippen LogP contribution >= 0.6 is 11.8 Å². The van der Waals surface area contributed by atoms with Crippen LogP contribution in [-0.4, -0.2) is 211 Å². The third-order valence-electron chi connectivity index (χ3n) is 20.2. The lowest BCUT2D eigenvalue weighted by molar-refractivity contribution is -0.157. The van der Waals surface area contributed by atoms with Gasteiger partial charge < -0.3 is 87.3 Å². The van der Waals surface area contributed by atoms with Crippen molar-refractivity contribution in [2.75, 3.05) is 33.0 Å². The summed E-state index contributed by atoms with van der Waals surface area (Å²) in [5.74, 6) is -10.5. The summed E-state index contributed by atoms with van der Waals surface area (Å²) in [6.45, 7) is 48.9. The number of unbranched alkanes of at least 4 members (excludes halogenated alkanes) is 1. The fraction of sp³-hybridized carbons (Fsp3) is 0.722. The number of carbonyl (C=O) groups is 12. The van der Waals surface area contributed by atoms with Gasteiger partial charge >= 0.3 is 18.0 Å². The molecule has 14 N–H and O–H groups in total. The molecule has 0 radical (unpaired) electrons. The molecule has 0 saturated heterocycles. The minimum Gasteiger partial charge on any atom is -0.487 e. The van der Waals surface area contributed by atoms with Crippen LogP contribution in [0.15, 0.2) is 29.2 Å². The lowest BCUT2D eigenvalue weighted by Gasteiger charge is -2.35. The van der Waals surface area contributed by atoms with Gasteiger partial charge in [-0.3, -0.25) is 58.1 Å². The summed E-state index contributed by atoms with van der Waals surface area (Å²) >= 11 is 1.20. The molecule has 2 aromatic carbocycles. The van der Waals surface area contributed by atoms with Crippen molar-refractivity contribution in [2.24, 2.45) is 17.6 Å². The van der Waals surface area contributed by atoms with E-state index in [4.69, 9.17) is 39.6 Å². The van der Waals surface area contributed by atoms with Crippen molar-refractivity contribution in [3.63, 3.8) is 0 Å². The van der Waals surface area contributed by atoms with Crippen LogP contribution in [0.5, 0.6) is 5.75 Å². The van der Waals surface area contributed by atoms with Gasteiger partial charge in [0.05, 0.1) is 47.2 Å². The van der Waals surface area contributed by atoms with E-state index in [2.05, 4.69) is 57.9 Å². The Morgan fingerprint density at radius 2 is 1.11 bits per heavy atom. The van der Waals surface area contributed by atoms with Gasteiger partial charge in [-0.25, -0.2) is 17.9 Å². The lowest BCUT2D eigenvalue weighted by Crippen LogP contribution is -2.64. The van der Waals surface area contributed by atoms with Crippen molar-refractivity contribution in [3.8, 4) is 5.75 Å². The van der Waals surface area contributed by atoms with Crippen LogP contribution in [0.1, 0.15) is 277 Å². The van der Waals surface area contributed by atoms with Crippen LogP contribution in [0.25, 0.3) is 0 Å². The Morgan fingerprint density at radius 1 is 0.568 bits per heavy atom. The smallest absolute Gasteiger partial charge is 0.407 e. The highest BCUT2D eigenvalue weighted by Crippen LogP contribution is 2.44. The number of esters is 2. The van der Waals surface area contributed by atoms with Crippen LogP contribution in [0, 0.1) is 38.0 Å². The molecule has 0 aromatic heterocycles. The molecule has 33 nitrogen and oxygen atoms in total. The van der Waals surface area contributed by atoms with Crippen molar-refractivity contribution in [3.05, 3.63) is 57.6 Å². The number of nitrogens with one attached hydrogen (secondary N) is 12. The van der Waals surface area contributed by atoms with E-state index in [9.17, 15) is 42.0 Å². The molecule has 0 saturated carbocycles. The van der Waals surface area contributed by atoms with Crippen molar-refractivity contribution < 1.29 is 94.4 Å². The van der Waals surface area contributed by atoms with Crippen LogP contribution in [-0.2, 0) is 105 Å². The topological polar surface area (TPSA) is 477 Å². The number of carbonyl (C=O) groups excluding carboxylic acids is 12. The molecule has 10 atom stereocenters. The van der Waals surface area contributed by atoms with Gasteiger partial charge in [0.25, 0.3) is 10.0 Å². The van der Waals surface area contributed by atoms with E-state index in [1.54, 1.807) is 166 Å². The standard InChI is InChI=1S/C90H151N13O20S2/c1-51(2)44-63(78(112)102-73(90(27,28)124-30)80(114)100-64(45-56-36-38-58(39-37-56)83(7,8)9)76(110)96-59(40-41-68(106)120-86(16,17)18)47-67(105)97-62(74(91)108)34-31-32-42-95-82(115)123-88(22,23)24)99-79(113)70(55(6)119-85(13,14)15)101-77(111)65(48-69(107)121-87(19,20)21)98-75(109)57(50-118-84(10,11)12)46-66(104)61(93-29)35-33-43-94-81(92)103-125(116,117)72-53(4)52(3)71-60(54(72)5)49-89(25,26)122-71/h36-39,51,55,57,59,61-65,70,73,93H,31-35,40-50H2,1-30H3,(H2,91,108)(H,95,115)(H,96,110)(H,97,105)(H,98,109)(H,99,113)(H,100,114)(H,101,111)(H,102,112)(H3,92,94,103)/t55?,57-,59-,61-,62+,63+,64-,65-,70-,73+/m0/s1. The van der Waals surface area contributed by atoms with Crippen LogP contribution < -0.4 is 68.4 Å². The summed E-state index contributed by atoms with van der Waals surface area (Å²) in [7, 11) is -2.70. The highest BCUT2D eigenvalue weighted by atomic mass is 32.2. The second-order valence-corrected chi connectivity index (χ2v) is 43.2. The van der Waals surface area contributed by atoms with E-state index in [1.165, 1.54) is 18.7 Å².